The van der Waals surface area contributed by atoms with E-state index in [1.807, 2.05) is 0 Å². The lowest BCUT2D eigenvalue weighted by Gasteiger charge is -2.21. The highest BCUT2D eigenvalue weighted by Crippen LogP contribution is 2.45. The summed E-state index contributed by atoms with van der Waals surface area (Å²) in [5.41, 5.74) is 0. The van der Waals surface area contributed by atoms with Crippen LogP contribution in [0.15, 0.2) is 0 Å². The standard InChI is InChI=1S/C68H132O17P2/c1-5-9-13-17-21-23-25-27-29-30-31-32-33-35-37-39-43-47-51-55-68(73)85-64(59-79-66(71)53-49-45-42-38-36-34-28-26-24-22-18-14-10-6-2)61-83-87(76,77)81-57-62(69)56-80-86(74,75)82-60-63(84-67(72)54-50-46-41-20-16-12-8-4)58-78-65(70)52-48-44-40-19-15-11-7-3/h62-64,69H,5-61H2,1-4H3,(H,74,75)(H,76,77)/t62-,63+,64+/m0/s1. The first-order valence-corrected chi connectivity index (χ1v) is 38.8. The fourth-order valence-corrected chi connectivity index (χ4v) is 11.9. The maximum atomic E-state index is 13.0. The fourth-order valence-electron chi connectivity index (χ4n) is 10.3. The third kappa shape index (κ3) is 62.6. The highest BCUT2D eigenvalue weighted by atomic mass is 31.2. The Hall–Kier alpha value is -1.94. The zero-order valence-corrected chi connectivity index (χ0v) is 57.8. The first kappa shape index (κ1) is 85.1. The topological polar surface area (TPSA) is 237 Å². The second kappa shape index (κ2) is 62.8. The second-order valence-electron chi connectivity index (χ2n) is 24.6. The number of hydrogen-bond acceptors (Lipinski definition) is 15. The molecule has 0 spiro atoms. The van der Waals surface area contributed by atoms with E-state index in [2.05, 4.69) is 27.7 Å². The second-order valence-corrected chi connectivity index (χ2v) is 27.5. The summed E-state index contributed by atoms with van der Waals surface area (Å²) < 4.78 is 68.0. The van der Waals surface area contributed by atoms with Gasteiger partial charge >= 0.3 is 39.5 Å². The Morgan fingerprint density at radius 1 is 0.276 bits per heavy atom. The Balaban J connectivity index is 5.13. The van der Waals surface area contributed by atoms with Crippen molar-refractivity contribution >= 4 is 39.5 Å². The number of carbonyl (C=O) groups excluding carboxylic acids is 4. The van der Waals surface area contributed by atoms with Gasteiger partial charge in [0.05, 0.1) is 26.4 Å². The predicted octanol–water partition coefficient (Wildman–Crippen LogP) is 19.5. The molecule has 87 heavy (non-hydrogen) atoms. The number of hydrogen-bond donors (Lipinski definition) is 3. The van der Waals surface area contributed by atoms with Crippen LogP contribution in [0.4, 0.5) is 0 Å². The van der Waals surface area contributed by atoms with Crippen molar-refractivity contribution < 1.29 is 80.2 Å². The van der Waals surface area contributed by atoms with Gasteiger partial charge in [-0.15, -0.1) is 0 Å². The molecule has 0 aromatic heterocycles. The summed E-state index contributed by atoms with van der Waals surface area (Å²) in [6, 6.07) is 0. The molecule has 0 aliphatic carbocycles. The van der Waals surface area contributed by atoms with E-state index in [0.29, 0.717) is 25.7 Å². The molecular formula is C68H132O17P2. The minimum absolute atomic E-state index is 0.104. The summed E-state index contributed by atoms with van der Waals surface area (Å²) in [5.74, 6) is -2.13. The van der Waals surface area contributed by atoms with Crippen molar-refractivity contribution in [3.63, 3.8) is 0 Å². The lowest BCUT2D eigenvalue weighted by atomic mass is 10.0. The Morgan fingerprint density at radius 3 is 0.678 bits per heavy atom. The number of aliphatic hydroxyl groups excluding tert-OH is 1. The van der Waals surface area contributed by atoms with Crippen LogP contribution in [0.1, 0.15) is 355 Å². The molecule has 2 unspecified atom stereocenters. The Kier molecular flexibility index (Phi) is 61.4. The van der Waals surface area contributed by atoms with E-state index in [-0.39, 0.29) is 25.7 Å². The molecule has 17 nitrogen and oxygen atoms in total. The number of aliphatic hydroxyl groups is 1. The SMILES string of the molecule is CCCCCCCCCCCCCCCCCCCCCC(=O)O[C@H](COC(=O)CCCCCCCCCCCCCCCC)COP(=O)(O)OC[C@@H](O)COP(=O)(O)OC[C@@H](COC(=O)CCCCCCCCC)OC(=O)CCCCCCCCC. The van der Waals surface area contributed by atoms with E-state index in [9.17, 15) is 43.2 Å². The van der Waals surface area contributed by atoms with Gasteiger partial charge in [-0.2, -0.15) is 0 Å². The molecule has 0 aromatic carbocycles. The van der Waals surface area contributed by atoms with Gasteiger partial charge in [0.15, 0.2) is 12.2 Å². The van der Waals surface area contributed by atoms with Crippen LogP contribution in [0, 0.1) is 0 Å². The first-order chi connectivity index (χ1) is 42.2. The molecule has 0 aliphatic rings. The van der Waals surface area contributed by atoms with E-state index >= 15 is 0 Å². The minimum Gasteiger partial charge on any atom is -0.462 e. The molecule has 516 valence electrons. The summed E-state index contributed by atoms with van der Waals surface area (Å²) in [6.07, 6.45) is 50.3. The molecule has 0 saturated carbocycles. The highest BCUT2D eigenvalue weighted by Gasteiger charge is 2.30. The quantitative estimate of drug-likeness (QED) is 0.0222. The van der Waals surface area contributed by atoms with Crippen LogP contribution < -0.4 is 0 Å². The number of phosphoric ester groups is 2. The molecule has 0 radical (unpaired) electrons. The number of ether oxygens (including phenoxy) is 4. The maximum absolute atomic E-state index is 13.0. The van der Waals surface area contributed by atoms with E-state index in [1.54, 1.807) is 0 Å². The number of carbonyl (C=O) groups is 4. The maximum Gasteiger partial charge on any atom is 0.472 e. The molecule has 0 fully saturated rings. The summed E-state index contributed by atoms with van der Waals surface area (Å²) in [4.78, 5) is 72.1. The van der Waals surface area contributed by atoms with Gasteiger partial charge in [0.2, 0.25) is 0 Å². The van der Waals surface area contributed by atoms with Gasteiger partial charge in [-0.1, -0.05) is 304 Å². The van der Waals surface area contributed by atoms with Gasteiger partial charge in [0.1, 0.15) is 19.3 Å². The Labute approximate surface area is 530 Å². The monoisotopic (exact) mass is 1280 g/mol. The van der Waals surface area contributed by atoms with Crippen LogP contribution in [0.2, 0.25) is 0 Å². The van der Waals surface area contributed by atoms with Crippen molar-refractivity contribution in [1.82, 2.24) is 0 Å². The van der Waals surface area contributed by atoms with Crippen molar-refractivity contribution in [2.24, 2.45) is 0 Å². The fraction of sp³-hybridized carbons (Fsp3) is 0.941. The number of phosphoric acid groups is 2. The molecule has 0 saturated heterocycles. The van der Waals surface area contributed by atoms with Crippen molar-refractivity contribution in [1.29, 1.82) is 0 Å². The van der Waals surface area contributed by atoms with Crippen LogP contribution in [0.3, 0.4) is 0 Å². The average Bonchev–Trinajstić information content (AvgIpc) is 3.56. The highest BCUT2D eigenvalue weighted by molar-refractivity contribution is 7.47. The average molecular weight is 1280 g/mol. The molecule has 0 amide bonds. The van der Waals surface area contributed by atoms with E-state index in [4.69, 9.17) is 37.0 Å². The van der Waals surface area contributed by atoms with E-state index < -0.39 is 97.5 Å². The predicted molar refractivity (Wildman–Crippen MR) is 349 cm³/mol. The smallest absolute Gasteiger partial charge is 0.462 e. The van der Waals surface area contributed by atoms with E-state index in [0.717, 1.165) is 116 Å². The lowest BCUT2D eigenvalue weighted by Crippen LogP contribution is -2.30. The van der Waals surface area contributed by atoms with Crippen molar-refractivity contribution in [2.45, 2.75) is 373 Å². The number of esters is 4. The Bertz CT molecular complexity index is 1670. The van der Waals surface area contributed by atoms with Crippen molar-refractivity contribution in [3.05, 3.63) is 0 Å². The van der Waals surface area contributed by atoms with E-state index in [1.165, 1.54) is 161 Å². The van der Waals surface area contributed by atoms with Crippen LogP contribution in [-0.2, 0) is 65.4 Å². The molecule has 0 heterocycles. The first-order valence-electron chi connectivity index (χ1n) is 35.8. The molecule has 5 atom stereocenters. The zero-order valence-electron chi connectivity index (χ0n) is 56.0. The van der Waals surface area contributed by atoms with Crippen LogP contribution in [0.5, 0.6) is 0 Å². The van der Waals surface area contributed by atoms with Gasteiger partial charge in [-0.25, -0.2) is 9.13 Å². The normalized spacial score (nSPS) is 14.1. The minimum atomic E-state index is -4.95. The van der Waals surface area contributed by atoms with Crippen molar-refractivity contribution in [2.75, 3.05) is 39.6 Å². The van der Waals surface area contributed by atoms with Gasteiger partial charge in [0, 0.05) is 25.7 Å². The van der Waals surface area contributed by atoms with Gasteiger partial charge in [0.25, 0.3) is 0 Å². The largest absolute Gasteiger partial charge is 0.472 e. The summed E-state index contributed by atoms with van der Waals surface area (Å²) in [5, 5.41) is 10.5. The number of rotatable bonds is 69. The van der Waals surface area contributed by atoms with Crippen LogP contribution in [0.25, 0.3) is 0 Å². The number of unbranched alkanes of at least 4 members (excludes halogenated alkanes) is 43. The molecule has 19 heteroatoms. The molecule has 0 aliphatic heterocycles. The molecular weight excluding hydrogens is 1150 g/mol. The van der Waals surface area contributed by atoms with Gasteiger partial charge in [-0.05, 0) is 25.7 Å². The summed E-state index contributed by atoms with van der Waals surface area (Å²) in [6.45, 7) is 4.84. The molecule has 0 aromatic rings. The van der Waals surface area contributed by atoms with Gasteiger partial charge in [-0.3, -0.25) is 37.3 Å². The third-order valence-electron chi connectivity index (χ3n) is 15.9. The Morgan fingerprint density at radius 2 is 0.460 bits per heavy atom. The van der Waals surface area contributed by atoms with Crippen LogP contribution >= 0.6 is 15.6 Å². The van der Waals surface area contributed by atoms with Gasteiger partial charge < -0.3 is 33.8 Å². The summed E-state index contributed by atoms with van der Waals surface area (Å²) >= 11 is 0. The molecule has 0 rings (SSSR count). The van der Waals surface area contributed by atoms with Crippen LogP contribution in [-0.4, -0.2) is 96.7 Å². The molecule has 0 bridgehead atoms. The zero-order chi connectivity index (χ0) is 64.0. The summed E-state index contributed by atoms with van der Waals surface area (Å²) in [7, 11) is -9.88. The molecule has 3 N–H and O–H groups in total. The lowest BCUT2D eigenvalue weighted by molar-refractivity contribution is -0.161. The van der Waals surface area contributed by atoms with Crippen molar-refractivity contribution in [3.8, 4) is 0 Å². The third-order valence-corrected chi connectivity index (χ3v) is 17.8.